The predicted octanol–water partition coefficient (Wildman–Crippen LogP) is 4.93. The molecule has 1 aromatic carbocycles. The number of amides is 2. The van der Waals surface area contributed by atoms with Gasteiger partial charge in [0.1, 0.15) is 11.5 Å². The third kappa shape index (κ3) is 10.6. The van der Waals surface area contributed by atoms with Gasteiger partial charge in [0, 0.05) is 31.3 Å². The Labute approximate surface area is 230 Å². The molecule has 4 rings (SSSR count). The van der Waals surface area contributed by atoms with E-state index in [2.05, 4.69) is 29.3 Å². The number of β-amino-alcohol motifs (C(OH)–C–C–N with tert-alkyl or cyclic N) is 1. The molecule has 0 spiro atoms. The fourth-order valence-electron chi connectivity index (χ4n) is 3.49. The van der Waals surface area contributed by atoms with Crippen molar-refractivity contribution >= 4 is 23.7 Å². The van der Waals surface area contributed by atoms with Crippen molar-refractivity contribution in [3.05, 3.63) is 52.5 Å². The van der Waals surface area contributed by atoms with E-state index in [0.717, 1.165) is 33.1 Å². The van der Waals surface area contributed by atoms with Gasteiger partial charge in [0.25, 0.3) is 0 Å². The maximum absolute atomic E-state index is 11.7. The zero-order chi connectivity index (χ0) is 28.5. The number of likely N-dealkylation sites (tertiary alicyclic amines) is 1. The van der Waals surface area contributed by atoms with Gasteiger partial charge in [-0.3, -0.25) is 9.59 Å². The lowest BCUT2D eigenvalue weighted by Crippen LogP contribution is -2.30. The van der Waals surface area contributed by atoms with E-state index in [9.17, 15) is 14.7 Å². The predicted molar refractivity (Wildman–Crippen MR) is 151 cm³/mol. The lowest BCUT2D eigenvalue weighted by atomic mass is 10.1. The van der Waals surface area contributed by atoms with Crippen molar-refractivity contribution in [1.82, 2.24) is 20.4 Å². The largest absolute Gasteiger partial charge is 0.496 e. The summed E-state index contributed by atoms with van der Waals surface area (Å²) in [5.41, 5.74) is 5.66. The average Bonchev–Trinajstić information content (AvgIpc) is 3.66. The van der Waals surface area contributed by atoms with Crippen LogP contribution in [-0.4, -0.2) is 58.8 Å². The Morgan fingerprint density at radius 2 is 2.00 bits per heavy atom. The van der Waals surface area contributed by atoms with Crippen molar-refractivity contribution in [1.29, 1.82) is 0 Å². The minimum atomic E-state index is -0.370. The van der Waals surface area contributed by atoms with Crippen LogP contribution in [-0.2, 0) is 22.6 Å². The molecule has 0 aliphatic carbocycles. The highest BCUT2D eigenvalue weighted by molar-refractivity contribution is 7.13. The quantitative estimate of drug-likeness (QED) is 0.403. The van der Waals surface area contributed by atoms with E-state index in [1.54, 1.807) is 29.4 Å². The molecule has 1 fully saturated rings. The van der Waals surface area contributed by atoms with Gasteiger partial charge >= 0.3 is 0 Å². The molecule has 2 aromatic heterocycles. The molecule has 2 N–H and O–H groups in total. The zero-order valence-corrected chi connectivity index (χ0v) is 24.4. The third-order valence-electron chi connectivity index (χ3n) is 5.19. The first-order valence-electron chi connectivity index (χ1n) is 12.9. The summed E-state index contributed by atoms with van der Waals surface area (Å²) in [7, 11) is 1.63. The number of nitrogens with zero attached hydrogens (tertiary/aromatic N) is 3. The van der Waals surface area contributed by atoms with E-state index in [1.807, 2.05) is 51.4 Å². The van der Waals surface area contributed by atoms with E-state index in [4.69, 9.17) is 9.26 Å². The Balaban J connectivity index is 0.000000329. The number of carbonyl (C=O) groups is 2. The first-order chi connectivity index (χ1) is 18.3. The number of carbonyl (C=O) groups excluding carboxylic acids is 2. The van der Waals surface area contributed by atoms with Gasteiger partial charge < -0.3 is 24.6 Å². The lowest BCUT2D eigenvalue weighted by molar-refractivity contribution is -0.130. The maximum Gasteiger partial charge on any atom is 0.230 e. The van der Waals surface area contributed by atoms with E-state index in [1.165, 1.54) is 6.42 Å². The number of aromatic nitrogens is 2. The third-order valence-corrected chi connectivity index (χ3v) is 6.17. The van der Waals surface area contributed by atoms with Gasteiger partial charge in [-0.25, -0.2) is 4.98 Å². The van der Waals surface area contributed by atoms with Crippen LogP contribution in [0.15, 0.2) is 34.3 Å². The molecule has 1 atom stereocenters. The normalized spacial score (nSPS) is 13.7. The van der Waals surface area contributed by atoms with E-state index in [0.29, 0.717) is 38.2 Å². The molecular formula is C28H42N4O5S. The Morgan fingerprint density at radius 3 is 2.50 bits per heavy atom. The standard InChI is InChI=1S/C13H14N2O2S.C10H14N2O3.C3H8.C2H6/c1-9-13(18-8-15-9)10-3-4-11(6-14-7-16)12(5-10)17-2;1-7-4-9(15-11-7)5-10(14)12-3-2-8(13)6-12;1-3-2;1-2/h3-5,7-8H,6H2,1-2H3,(H,14,16);4,8,13H,2-3,5-6H2,1H3;3H2,1-2H3;1-2H3. The number of nitrogens with one attached hydrogen (secondary N) is 1. The molecule has 0 saturated carbocycles. The van der Waals surface area contributed by atoms with Crippen molar-refractivity contribution in [2.45, 2.75) is 73.5 Å². The number of methoxy groups -OCH3 is 1. The second kappa shape index (κ2) is 18.1. The number of thiazole rings is 1. The minimum absolute atomic E-state index is 0.0114. The van der Waals surface area contributed by atoms with Crippen molar-refractivity contribution in [3.8, 4) is 16.2 Å². The highest BCUT2D eigenvalue weighted by atomic mass is 32.1. The number of hydrogen-bond donors (Lipinski definition) is 2. The van der Waals surface area contributed by atoms with Crippen LogP contribution in [0.4, 0.5) is 0 Å². The second-order valence-electron chi connectivity index (χ2n) is 8.39. The molecule has 210 valence electrons. The molecule has 3 aromatic rings. The first-order valence-corrected chi connectivity index (χ1v) is 13.8. The Hall–Kier alpha value is -3.24. The summed E-state index contributed by atoms with van der Waals surface area (Å²) in [6, 6.07) is 7.71. The topological polar surface area (TPSA) is 118 Å². The van der Waals surface area contributed by atoms with Crippen molar-refractivity contribution in [2.24, 2.45) is 0 Å². The van der Waals surface area contributed by atoms with Crippen LogP contribution in [0.2, 0.25) is 0 Å². The van der Waals surface area contributed by atoms with Gasteiger partial charge in [0.2, 0.25) is 12.3 Å². The highest BCUT2D eigenvalue weighted by Gasteiger charge is 2.25. The summed E-state index contributed by atoms with van der Waals surface area (Å²) >= 11 is 1.61. The molecule has 38 heavy (non-hydrogen) atoms. The van der Waals surface area contributed by atoms with Crippen molar-refractivity contribution in [3.63, 3.8) is 0 Å². The first kappa shape index (κ1) is 32.8. The van der Waals surface area contributed by atoms with Crippen LogP contribution >= 0.6 is 11.3 Å². The van der Waals surface area contributed by atoms with Crippen molar-refractivity contribution < 1.29 is 24.0 Å². The summed E-state index contributed by atoms with van der Waals surface area (Å²) in [4.78, 5) is 29.1. The van der Waals surface area contributed by atoms with E-state index >= 15 is 0 Å². The molecule has 1 aliphatic heterocycles. The second-order valence-corrected chi connectivity index (χ2v) is 9.25. The van der Waals surface area contributed by atoms with Gasteiger partial charge in [0.05, 0.1) is 41.4 Å². The number of aliphatic hydroxyl groups excluding tert-OH is 1. The number of ether oxygens (including phenoxy) is 1. The highest BCUT2D eigenvalue weighted by Crippen LogP contribution is 2.31. The Kier molecular flexibility index (Phi) is 15.6. The molecule has 1 saturated heterocycles. The lowest BCUT2D eigenvalue weighted by Gasteiger charge is -2.13. The Morgan fingerprint density at radius 1 is 1.29 bits per heavy atom. The minimum Gasteiger partial charge on any atom is -0.496 e. The van der Waals surface area contributed by atoms with Crippen LogP contribution < -0.4 is 10.1 Å². The summed E-state index contributed by atoms with van der Waals surface area (Å²) in [6.45, 7) is 13.6. The fraction of sp³-hybridized carbons (Fsp3) is 0.500. The average molecular weight is 547 g/mol. The molecule has 3 heterocycles. The summed E-state index contributed by atoms with van der Waals surface area (Å²) in [5.74, 6) is 1.34. The molecular weight excluding hydrogens is 504 g/mol. The van der Waals surface area contributed by atoms with Gasteiger partial charge in [-0.15, -0.1) is 11.3 Å². The molecule has 2 amide bonds. The monoisotopic (exact) mass is 546 g/mol. The van der Waals surface area contributed by atoms with Gasteiger partial charge in [-0.1, -0.05) is 51.4 Å². The van der Waals surface area contributed by atoms with Crippen LogP contribution in [0.1, 0.15) is 63.2 Å². The van der Waals surface area contributed by atoms with Crippen LogP contribution in [0, 0.1) is 13.8 Å². The molecule has 10 heteroatoms. The van der Waals surface area contributed by atoms with Crippen LogP contribution in [0.3, 0.4) is 0 Å². The van der Waals surface area contributed by atoms with Crippen LogP contribution in [0.5, 0.6) is 5.75 Å². The molecule has 0 radical (unpaired) electrons. The molecule has 9 nitrogen and oxygen atoms in total. The van der Waals surface area contributed by atoms with Gasteiger partial charge in [0.15, 0.2) is 0 Å². The SMILES string of the molecule is CC.CCC.COc1cc(-c2scnc2C)ccc1CNC=O.Cc1cc(CC(=O)N2CCC(O)C2)on1. The number of aryl methyl sites for hydroxylation is 2. The fourth-order valence-corrected chi connectivity index (χ4v) is 4.29. The molecule has 0 bridgehead atoms. The smallest absolute Gasteiger partial charge is 0.230 e. The van der Waals surface area contributed by atoms with Crippen molar-refractivity contribution in [2.75, 3.05) is 20.2 Å². The molecule has 1 unspecified atom stereocenters. The van der Waals surface area contributed by atoms with Gasteiger partial charge in [-0.2, -0.15) is 0 Å². The molecule has 1 aliphatic rings. The number of rotatable bonds is 7. The zero-order valence-electron chi connectivity index (χ0n) is 23.6. The van der Waals surface area contributed by atoms with Crippen LogP contribution in [0.25, 0.3) is 10.4 Å². The van der Waals surface area contributed by atoms with E-state index in [-0.39, 0.29) is 18.4 Å². The Bertz CT molecular complexity index is 1100. The summed E-state index contributed by atoms with van der Waals surface area (Å²) < 4.78 is 10.3. The summed E-state index contributed by atoms with van der Waals surface area (Å²) in [5, 5.41) is 15.6. The number of hydrogen-bond acceptors (Lipinski definition) is 8. The number of benzene rings is 1. The van der Waals surface area contributed by atoms with Gasteiger partial charge in [-0.05, 0) is 31.9 Å². The van der Waals surface area contributed by atoms with E-state index < -0.39 is 0 Å². The maximum atomic E-state index is 11.7. The summed E-state index contributed by atoms with van der Waals surface area (Å²) in [6.07, 6.45) is 2.46. The number of aliphatic hydroxyl groups is 1.